The highest BCUT2D eigenvalue weighted by atomic mass is 32.2. The van der Waals surface area contributed by atoms with Crippen LogP contribution in [0.5, 0.6) is 11.5 Å². The average molecular weight is 496 g/mol. The summed E-state index contributed by atoms with van der Waals surface area (Å²) in [7, 11) is -0.984. The molecule has 1 atom stereocenters. The van der Waals surface area contributed by atoms with Crippen molar-refractivity contribution in [3.63, 3.8) is 0 Å². The van der Waals surface area contributed by atoms with Crippen molar-refractivity contribution < 1.29 is 23.0 Å². The molecule has 1 aromatic carbocycles. The van der Waals surface area contributed by atoms with Gasteiger partial charge in [-0.05, 0) is 43.0 Å². The van der Waals surface area contributed by atoms with Gasteiger partial charge in [0.15, 0.2) is 0 Å². The molecule has 0 radical (unpaired) electrons. The fourth-order valence-electron chi connectivity index (χ4n) is 3.48. The van der Waals surface area contributed by atoms with Crippen molar-refractivity contribution in [3.05, 3.63) is 62.6 Å². The lowest BCUT2D eigenvalue weighted by atomic mass is 10.0. The number of benzene rings is 1. The molecule has 3 rings (SSSR count). The van der Waals surface area contributed by atoms with Gasteiger partial charge in [0, 0.05) is 21.4 Å². The molecule has 1 N–H and O–H groups in total. The molecule has 0 saturated carbocycles. The lowest BCUT2D eigenvalue weighted by molar-refractivity contribution is 0.281. The molecule has 1 aromatic heterocycles. The molecule has 1 unspecified atom stereocenters. The Bertz CT molecular complexity index is 1110. The number of methoxy groups -OCH3 is 2. The standard InChI is InChI=1S/C22H29N3O6S2/c1-15(2)5-9-19(23-27)21-10-8-18(32-21)13-24-14-22(26)25(33(24,28)29)12-16-6-7-17(30-3)11-20(16)31-4/h6-8,10-11,14-15,19,26H,5,9,12-13H2,1-4H3. The molecule has 0 spiro atoms. The predicted octanol–water partition coefficient (Wildman–Crippen LogP) is 4.93. The Hall–Kier alpha value is -2.79. The van der Waals surface area contributed by atoms with E-state index in [4.69, 9.17) is 9.47 Å². The zero-order valence-corrected chi connectivity index (χ0v) is 20.7. The van der Waals surface area contributed by atoms with Gasteiger partial charge in [0.2, 0.25) is 5.88 Å². The zero-order valence-electron chi connectivity index (χ0n) is 19.1. The molecule has 2 heterocycles. The summed E-state index contributed by atoms with van der Waals surface area (Å²) in [5.74, 6) is 1.11. The highest BCUT2D eigenvalue weighted by molar-refractivity contribution is 7.87. The van der Waals surface area contributed by atoms with Crippen molar-refractivity contribution in [1.82, 2.24) is 8.61 Å². The third-order valence-corrected chi connectivity index (χ3v) is 8.24. The second-order valence-electron chi connectivity index (χ2n) is 8.12. The van der Waals surface area contributed by atoms with Gasteiger partial charge < -0.3 is 14.6 Å². The van der Waals surface area contributed by atoms with Gasteiger partial charge in [-0.2, -0.15) is 13.3 Å². The number of hydrogen-bond donors (Lipinski definition) is 1. The molecule has 11 heteroatoms. The Morgan fingerprint density at radius 1 is 1.09 bits per heavy atom. The monoisotopic (exact) mass is 495 g/mol. The van der Waals surface area contributed by atoms with Crippen LogP contribution in [-0.4, -0.2) is 36.4 Å². The number of aliphatic hydroxyl groups excluding tert-OH is 1. The molecule has 0 fully saturated rings. The Morgan fingerprint density at radius 2 is 1.85 bits per heavy atom. The van der Waals surface area contributed by atoms with E-state index in [1.165, 1.54) is 31.8 Å². The molecule has 0 aliphatic carbocycles. The predicted molar refractivity (Wildman–Crippen MR) is 127 cm³/mol. The second-order valence-corrected chi connectivity index (χ2v) is 11.1. The van der Waals surface area contributed by atoms with Crippen molar-refractivity contribution >= 4 is 21.5 Å². The molecule has 180 valence electrons. The molecule has 33 heavy (non-hydrogen) atoms. The first kappa shape index (κ1) is 24.8. The van der Waals surface area contributed by atoms with Crippen LogP contribution in [0.3, 0.4) is 0 Å². The number of aliphatic hydroxyl groups is 1. The van der Waals surface area contributed by atoms with E-state index >= 15 is 0 Å². The molecular formula is C22H29N3O6S2. The van der Waals surface area contributed by atoms with Crippen LogP contribution in [0.15, 0.2) is 47.6 Å². The Labute approximate surface area is 198 Å². The normalized spacial score (nSPS) is 16.1. The van der Waals surface area contributed by atoms with Crippen molar-refractivity contribution in [3.8, 4) is 11.5 Å². The van der Waals surface area contributed by atoms with Crippen LogP contribution in [0.2, 0.25) is 0 Å². The van der Waals surface area contributed by atoms with Gasteiger partial charge in [-0.1, -0.05) is 19.0 Å². The van der Waals surface area contributed by atoms with Crippen molar-refractivity contribution in [2.75, 3.05) is 14.2 Å². The van der Waals surface area contributed by atoms with Gasteiger partial charge in [-0.3, -0.25) is 0 Å². The second kappa shape index (κ2) is 10.4. The lowest BCUT2D eigenvalue weighted by Gasteiger charge is -2.22. The zero-order chi connectivity index (χ0) is 24.2. The molecule has 1 aliphatic heterocycles. The van der Waals surface area contributed by atoms with Gasteiger partial charge >= 0.3 is 10.2 Å². The minimum absolute atomic E-state index is 0.0447. The van der Waals surface area contributed by atoms with E-state index in [0.717, 1.165) is 24.8 Å². The number of nitrogens with zero attached hydrogens (tertiary/aromatic N) is 3. The summed E-state index contributed by atoms with van der Waals surface area (Å²) in [4.78, 5) is 12.9. The van der Waals surface area contributed by atoms with Gasteiger partial charge in [0.25, 0.3) is 0 Å². The van der Waals surface area contributed by atoms with Crippen molar-refractivity contribution in [1.29, 1.82) is 0 Å². The minimum atomic E-state index is -3.99. The summed E-state index contributed by atoms with van der Waals surface area (Å²) >= 11 is 1.36. The van der Waals surface area contributed by atoms with E-state index in [1.807, 2.05) is 6.07 Å². The van der Waals surface area contributed by atoms with Crippen LogP contribution < -0.4 is 9.47 Å². The number of ether oxygens (including phenoxy) is 2. The molecule has 0 saturated heterocycles. The van der Waals surface area contributed by atoms with Crippen molar-refractivity contribution in [2.45, 2.75) is 45.8 Å². The summed E-state index contributed by atoms with van der Waals surface area (Å²) < 4.78 is 38.8. The first-order valence-electron chi connectivity index (χ1n) is 10.5. The van der Waals surface area contributed by atoms with Crippen LogP contribution in [0, 0.1) is 10.8 Å². The Morgan fingerprint density at radius 3 is 2.48 bits per heavy atom. The van der Waals surface area contributed by atoms with E-state index < -0.39 is 16.3 Å². The maximum Gasteiger partial charge on any atom is 0.329 e. The number of nitroso groups, excluding NO2 is 1. The van der Waals surface area contributed by atoms with Gasteiger partial charge in [-0.15, -0.1) is 11.3 Å². The summed E-state index contributed by atoms with van der Waals surface area (Å²) in [6, 6.07) is 8.22. The maximum atomic E-state index is 13.1. The summed E-state index contributed by atoms with van der Waals surface area (Å²) in [6.45, 7) is 4.12. The third kappa shape index (κ3) is 5.59. The van der Waals surface area contributed by atoms with Crippen LogP contribution in [0.1, 0.15) is 48.0 Å². The average Bonchev–Trinajstić information content (AvgIpc) is 3.32. The Kier molecular flexibility index (Phi) is 7.85. The smallest absolute Gasteiger partial charge is 0.329 e. The van der Waals surface area contributed by atoms with Gasteiger partial charge in [0.05, 0.1) is 33.5 Å². The van der Waals surface area contributed by atoms with Crippen LogP contribution >= 0.6 is 11.3 Å². The number of rotatable bonds is 11. The minimum Gasteiger partial charge on any atom is -0.497 e. The van der Waals surface area contributed by atoms with Gasteiger partial charge in [0.1, 0.15) is 17.5 Å². The molecule has 2 aromatic rings. The van der Waals surface area contributed by atoms with Crippen LogP contribution in [0.4, 0.5) is 0 Å². The third-order valence-electron chi connectivity index (χ3n) is 5.37. The van der Waals surface area contributed by atoms with Gasteiger partial charge in [-0.25, -0.2) is 8.61 Å². The molecule has 0 bridgehead atoms. The van der Waals surface area contributed by atoms with Crippen LogP contribution in [-0.2, 0) is 23.3 Å². The molecule has 1 aliphatic rings. The Balaban J connectivity index is 1.74. The quantitative estimate of drug-likeness (QED) is 0.443. The first-order valence-corrected chi connectivity index (χ1v) is 12.7. The number of thiophene rings is 1. The molecule has 9 nitrogen and oxygen atoms in total. The van der Waals surface area contributed by atoms with E-state index in [-0.39, 0.29) is 19.0 Å². The fourth-order valence-corrected chi connectivity index (χ4v) is 6.01. The highest BCUT2D eigenvalue weighted by Crippen LogP contribution is 2.34. The molecule has 0 amide bonds. The summed E-state index contributed by atoms with van der Waals surface area (Å²) in [5, 5.41) is 13.7. The van der Waals surface area contributed by atoms with E-state index in [2.05, 4.69) is 19.0 Å². The first-order chi connectivity index (χ1) is 15.7. The fraction of sp³-hybridized carbons (Fsp3) is 0.455. The largest absolute Gasteiger partial charge is 0.497 e. The van der Waals surface area contributed by atoms with Crippen molar-refractivity contribution in [2.24, 2.45) is 11.1 Å². The topological polar surface area (TPSA) is 109 Å². The number of hydrogen-bond acceptors (Lipinski definition) is 8. The summed E-state index contributed by atoms with van der Waals surface area (Å²) in [6.07, 6.45) is 2.73. The summed E-state index contributed by atoms with van der Waals surface area (Å²) in [5.41, 5.74) is 0.576. The van der Waals surface area contributed by atoms with E-state index in [0.29, 0.717) is 29.4 Å². The van der Waals surface area contributed by atoms with Crippen LogP contribution in [0.25, 0.3) is 0 Å². The maximum absolute atomic E-state index is 13.1. The highest BCUT2D eigenvalue weighted by Gasteiger charge is 2.37. The molecular weight excluding hydrogens is 466 g/mol. The SMILES string of the molecule is COc1ccc(CN2C(O)=CN(Cc3ccc(C(CCC(C)C)N=O)s3)S2(=O)=O)c(OC)c1. The lowest BCUT2D eigenvalue weighted by Crippen LogP contribution is -2.33. The van der Waals surface area contributed by atoms with E-state index in [9.17, 15) is 18.4 Å². The van der Waals surface area contributed by atoms with E-state index in [1.54, 1.807) is 24.3 Å².